The largest absolute Gasteiger partial charge is 0.357 e. The van der Waals surface area contributed by atoms with Gasteiger partial charge in [0.1, 0.15) is 5.82 Å². The number of thiophene rings is 1. The Morgan fingerprint density at radius 2 is 2.08 bits per heavy atom. The molecule has 0 bridgehead atoms. The van der Waals surface area contributed by atoms with Gasteiger partial charge in [-0.25, -0.2) is 4.39 Å². The summed E-state index contributed by atoms with van der Waals surface area (Å²) < 4.78 is 13.5. The highest BCUT2D eigenvalue weighted by atomic mass is 32.1. The maximum atomic E-state index is 13.5. The Kier molecular flexibility index (Phi) is 7.88. The van der Waals surface area contributed by atoms with Gasteiger partial charge in [-0.3, -0.25) is 4.99 Å². The Morgan fingerprint density at radius 1 is 1.24 bits per heavy atom. The van der Waals surface area contributed by atoms with Crippen molar-refractivity contribution in [3.05, 3.63) is 58.0 Å². The summed E-state index contributed by atoms with van der Waals surface area (Å²) in [6, 6.07) is 11.0. The number of nitrogens with zero attached hydrogens (tertiary/aromatic N) is 2. The van der Waals surface area contributed by atoms with E-state index >= 15 is 0 Å². The monoisotopic (exact) mass is 362 g/mol. The van der Waals surface area contributed by atoms with Crippen molar-refractivity contribution in [3.63, 3.8) is 0 Å². The van der Waals surface area contributed by atoms with Gasteiger partial charge in [-0.1, -0.05) is 18.2 Å². The van der Waals surface area contributed by atoms with E-state index in [2.05, 4.69) is 33.0 Å². The normalized spacial score (nSPS) is 13.1. The minimum absolute atomic E-state index is 0.0310. The van der Waals surface area contributed by atoms with Crippen LogP contribution < -0.4 is 10.6 Å². The number of hydrogen-bond acceptors (Lipinski definition) is 3. The lowest BCUT2D eigenvalue weighted by molar-refractivity contribution is 0.305. The minimum atomic E-state index is -0.214. The van der Waals surface area contributed by atoms with E-state index in [0.717, 1.165) is 31.0 Å². The van der Waals surface area contributed by atoms with Crippen molar-refractivity contribution in [1.82, 2.24) is 15.5 Å². The second kappa shape index (κ2) is 10.2. The number of nitrogens with one attached hydrogen (secondary N) is 2. The Hall–Kier alpha value is -1.92. The molecule has 25 heavy (non-hydrogen) atoms. The van der Waals surface area contributed by atoms with E-state index < -0.39 is 0 Å². The highest BCUT2D eigenvalue weighted by molar-refractivity contribution is 7.09. The molecular formula is C19H27FN4S. The Labute approximate surface area is 153 Å². The summed E-state index contributed by atoms with van der Waals surface area (Å²) in [7, 11) is 3.98. The lowest BCUT2D eigenvalue weighted by atomic mass is 10.1. The smallest absolute Gasteiger partial charge is 0.191 e. The first-order valence-electron chi connectivity index (χ1n) is 8.56. The summed E-state index contributed by atoms with van der Waals surface area (Å²) in [4.78, 5) is 8.11. The van der Waals surface area contributed by atoms with Crippen LogP contribution in [0, 0.1) is 5.82 Å². The number of benzene rings is 1. The van der Waals surface area contributed by atoms with Crippen molar-refractivity contribution in [1.29, 1.82) is 0 Å². The molecule has 1 unspecified atom stereocenters. The van der Waals surface area contributed by atoms with Gasteiger partial charge in [0, 0.05) is 18.0 Å². The van der Waals surface area contributed by atoms with Crippen molar-refractivity contribution in [2.75, 3.05) is 33.7 Å². The third-order valence-corrected chi connectivity index (χ3v) is 4.80. The van der Waals surface area contributed by atoms with Crippen LogP contribution in [0.2, 0.25) is 0 Å². The van der Waals surface area contributed by atoms with E-state index in [1.165, 1.54) is 10.9 Å². The van der Waals surface area contributed by atoms with Crippen LogP contribution in [0.25, 0.3) is 0 Å². The first-order valence-corrected chi connectivity index (χ1v) is 9.44. The average Bonchev–Trinajstić information content (AvgIpc) is 3.08. The fraction of sp³-hybridized carbons (Fsp3) is 0.421. The molecule has 0 saturated heterocycles. The lowest BCUT2D eigenvalue weighted by Crippen LogP contribution is -2.39. The predicted molar refractivity (Wildman–Crippen MR) is 105 cm³/mol. The molecular weight excluding hydrogens is 335 g/mol. The van der Waals surface area contributed by atoms with Crippen molar-refractivity contribution in [3.8, 4) is 0 Å². The van der Waals surface area contributed by atoms with Crippen molar-refractivity contribution in [2.45, 2.75) is 19.4 Å². The van der Waals surface area contributed by atoms with Crippen LogP contribution in [-0.4, -0.2) is 44.6 Å². The van der Waals surface area contributed by atoms with Crippen LogP contribution in [0.15, 0.2) is 46.8 Å². The standard InChI is InChI=1S/C19H27FN4S/c1-4-21-19(22-11-10-17-9-6-12-25-17)23-14-18(24(2)3)15-7-5-8-16(20)13-15/h5-9,12-13,18H,4,10-11,14H2,1-3H3,(H2,21,22,23). The molecule has 0 aliphatic carbocycles. The molecule has 0 aliphatic heterocycles. The number of aliphatic imine (C=N–C) groups is 1. The van der Waals surface area contributed by atoms with Crippen LogP contribution in [0.3, 0.4) is 0 Å². The zero-order valence-electron chi connectivity index (χ0n) is 15.1. The third kappa shape index (κ3) is 6.48. The Morgan fingerprint density at radius 3 is 2.72 bits per heavy atom. The first-order chi connectivity index (χ1) is 12.1. The summed E-state index contributed by atoms with van der Waals surface area (Å²) in [5.41, 5.74) is 0.934. The van der Waals surface area contributed by atoms with E-state index in [0.29, 0.717) is 6.54 Å². The van der Waals surface area contributed by atoms with E-state index in [9.17, 15) is 4.39 Å². The summed E-state index contributed by atoms with van der Waals surface area (Å²) >= 11 is 1.77. The topological polar surface area (TPSA) is 39.7 Å². The SMILES string of the molecule is CCNC(=NCC(c1cccc(F)c1)N(C)C)NCCc1cccs1. The maximum Gasteiger partial charge on any atom is 0.191 e. The molecule has 1 aromatic heterocycles. The van der Waals surface area contributed by atoms with Crippen molar-refractivity contribution >= 4 is 17.3 Å². The van der Waals surface area contributed by atoms with Crippen molar-refractivity contribution < 1.29 is 4.39 Å². The maximum absolute atomic E-state index is 13.5. The van der Waals surface area contributed by atoms with Gasteiger partial charge in [-0.2, -0.15) is 0 Å². The van der Waals surface area contributed by atoms with Gasteiger partial charge >= 0.3 is 0 Å². The molecule has 0 spiro atoms. The van der Waals surface area contributed by atoms with Gasteiger partial charge in [-0.05, 0) is 56.6 Å². The number of rotatable bonds is 8. The summed E-state index contributed by atoms with van der Waals surface area (Å²) in [5, 5.41) is 8.73. The highest BCUT2D eigenvalue weighted by Crippen LogP contribution is 2.19. The molecule has 1 aromatic carbocycles. The molecule has 0 amide bonds. The van der Waals surface area contributed by atoms with Crippen LogP contribution in [0.1, 0.15) is 23.4 Å². The molecule has 0 aliphatic rings. The van der Waals surface area contributed by atoms with E-state index in [1.807, 2.05) is 27.1 Å². The number of guanidine groups is 1. The van der Waals surface area contributed by atoms with Gasteiger partial charge in [0.15, 0.2) is 5.96 Å². The molecule has 0 radical (unpaired) electrons. The van der Waals surface area contributed by atoms with Gasteiger partial charge in [0.25, 0.3) is 0 Å². The van der Waals surface area contributed by atoms with Gasteiger partial charge in [0.05, 0.1) is 12.6 Å². The Balaban J connectivity index is 1.98. The number of halogens is 1. The summed E-state index contributed by atoms with van der Waals surface area (Å²) in [6.45, 7) is 4.24. The van der Waals surface area contributed by atoms with Crippen LogP contribution in [-0.2, 0) is 6.42 Å². The van der Waals surface area contributed by atoms with Gasteiger partial charge in [0.2, 0.25) is 0 Å². The van der Waals surface area contributed by atoms with Crippen LogP contribution in [0.4, 0.5) is 4.39 Å². The summed E-state index contributed by atoms with van der Waals surface area (Å²) in [5.74, 6) is 0.580. The molecule has 4 nitrogen and oxygen atoms in total. The minimum Gasteiger partial charge on any atom is -0.357 e. The molecule has 1 atom stereocenters. The summed E-state index contributed by atoms with van der Waals surface area (Å²) in [6.07, 6.45) is 0.975. The second-order valence-corrected chi connectivity index (χ2v) is 7.04. The molecule has 2 rings (SSSR count). The van der Waals surface area contributed by atoms with Crippen LogP contribution in [0.5, 0.6) is 0 Å². The third-order valence-electron chi connectivity index (χ3n) is 3.87. The average molecular weight is 363 g/mol. The van der Waals surface area contributed by atoms with Crippen LogP contribution >= 0.6 is 11.3 Å². The zero-order chi connectivity index (χ0) is 18.1. The van der Waals surface area contributed by atoms with E-state index in [4.69, 9.17) is 4.99 Å². The molecule has 136 valence electrons. The molecule has 2 N–H and O–H groups in total. The second-order valence-electron chi connectivity index (χ2n) is 6.01. The number of hydrogen-bond donors (Lipinski definition) is 2. The van der Waals surface area contributed by atoms with Gasteiger partial charge in [-0.15, -0.1) is 11.3 Å². The fourth-order valence-electron chi connectivity index (χ4n) is 2.56. The molecule has 0 fully saturated rings. The quantitative estimate of drug-likeness (QED) is 0.559. The molecule has 6 heteroatoms. The van der Waals surface area contributed by atoms with Crippen molar-refractivity contribution in [2.24, 2.45) is 4.99 Å². The highest BCUT2D eigenvalue weighted by Gasteiger charge is 2.14. The molecule has 0 saturated carbocycles. The molecule has 2 aromatic rings. The Bertz CT molecular complexity index is 655. The van der Waals surface area contributed by atoms with Gasteiger partial charge < -0.3 is 15.5 Å². The predicted octanol–water partition coefficient (Wildman–Crippen LogP) is 3.29. The van der Waals surface area contributed by atoms with E-state index in [1.54, 1.807) is 23.5 Å². The molecule has 1 heterocycles. The zero-order valence-corrected chi connectivity index (χ0v) is 15.9. The van der Waals surface area contributed by atoms with E-state index in [-0.39, 0.29) is 11.9 Å². The first kappa shape index (κ1) is 19.4. The lowest BCUT2D eigenvalue weighted by Gasteiger charge is -2.23. The fourth-order valence-corrected chi connectivity index (χ4v) is 3.27. The number of likely N-dealkylation sites (N-methyl/N-ethyl adjacent to an activating group) is 1.